The summed E-state index contributed by atoms with van der Waals surface area (Å²) in [5.74, 6) is 0.177. The van der Waals surface area contributed by atoms with Crippen molar-refractivity contribution in [2.45, 2.75) is 32.2 Å². The van der Waals surface area contributed by atoms with Gasteiger partial charge in [-0.1, -0.05) is 0 Å². The number of nitro benzene ring substituents is 1. The van der Waals surface area contributed by atoms with Crippen molar-refractivity contribution in [3.8, 4) is 5.75 Å². The molecule has 0 spiro atoms. The van der Waals surface area contributed by atoms with Crippen LogP contribution < -0.4 is 4.74 Å². The first kappa shape index (κ1) is 21.0. The third-order valence-electron chi connectivity index (χ3n) is 5.77. The van der Waals surface area contributed by atoms with Crippen LogP contribution in [0.25, 0.3) is 0 Å². The lowest BCUT2D eigenvalue weighted by atomic mass is 10.0. The highest BCUT2D eigenvalue weighted by Gasteiger charge is 2.29. The Labute approximate surface area is 170 Å². The van der Waals surface area contributed by atoms with E-state index in [9.17, 15) is 19.7 Å². The Bertz CT molecular complexity index is 776. The minimum Gasteiger partial charge on any atom is -0.496 e. The van der Waals surface area contributed by atoms with E-state index in [1.54, 1.807) is 4.90 Å². The second kappa shape index (κ2) is 9.21. The van der Waals surface area contributed by atoms with Crippen LogP contribution >= 0.6 is 0 Å². The third-order valence-corrected chi connectivity index (χ3v) is 5.77. The Balaban J connectivity index is 1.59. The number of piperidine rings is 1. The summed E-state index contributed by atoms with van der Waals surface area (Å²) in [5.41, 5.74) is 0.0439. The van der Waals surface area contributed by atoms with E-state index >= 15 is 0 Å². The van der Waals surface area contributed by atoms with Crippen molar-refractivity contribution in [2.24, 2.45) is 0 Å². The first-order valence-corrected chi connectivity index (χ1v) is 10.0. The highest BCUT2D eigenvalue weighted by molar-refractivity contribution is 5.97. The van der Waals surface area contributed by atoms with Crippen LogP contribution in [0.2, 0.25) is 0 Å². The van der Waals surface area contributed by atoms with Crippen molar-refractivity contribution in [2.75, 3.05) is 46.4 Å². The van der Waals surface area contributed by atoms with E-state index in [2.05, 4.69) is 11.8 Å². The Morgan fingerprint density at radius 3 is 2.52 bits per heavy atom. The zero-order chi connectivity index (χ0) is 21.0. The molecule has 158 valence electrons. The normalized spacial score (nSPS) is 20.4. The fourth-order valence-corrected chi connectivity index (χ4v) is 4.01. The number of nitrogens with zero attached hydrogens (tertiary/aromatic N) is 4. The van der Waals surface area contributed by atoms with Crippen molar-refractivity contribution in [3.05, 3.63) is 33.9 Å². The van der Waals surface area contributed by atoms with Crippen molar-refractivity contribution < 1.29 is 19.2 Å². The minimum atomic E-state index is -0.526. The van der Waals surface area contributed by atoms with E-state index in [0.717, 1.165) is 19.4 Å². The number of methoxy groups -OCH3 is 1. The van der Waals surface area contributed by atoms with Gasteiger partial charge >= 0.3 is 0 Å². The average Bonchev–Trinajstić information content (AvgIpc) is 2.73. The van der Waals surface area contributed by atoms with Crippen molar-refractivity contribution >= 4 is 17.5 Å². The molecule has 2 heterocycles. The number of carbonyl (C=O) groups excluding carboxylic acids is 2. The molecule has 1 unspecified atom stereocenters. The first-order chi connectivity index (χ1) is 13.9. The summed E-state index contributed by atoms with van der Waals surface area (Å²) in [6.07, 6.45) is 3.29. The Hall–Kier alpha value is -2.68. The molecular formula is C20H28N4O5. The minimum absolute atomic E-state index is 0.144. The number of amides is 2. The van der Waals surface area contributed by atoms with Gasteiger partial charge in [-0.15, -0.1) is 0 Å². The molecule has 0 bridgehead atoms. The van der Waals surface area contributed by atoms with E-state index in [-0.39, 0.29) is 23.1 Å². The number of piperazine rings is 1. The van der Waals surface area contributed by atoms with E-state index in [1.807, 2.05) is 4.90 Å². The maximum Gasteiger partial charge on any atom is 0.270 e. The van der Waals surface area contributed by atoms with Crippen LogP contribution in [-0.2, 0) is 4.79 Å². The lowest BCUT2D eigenvalue weighted by molar-refractivity contribution is -0.384. The summed E-state index contributed by atoms with van der Waals surface area (Å²) in [6.45, 7) is 5.41. The van der Waals surface area contributed by atoms with E-state index < -0.39 is 4.92 Å². The highest BCUT2D eigenvalue weighted by Crippen LogP contribution is 2.26. The predicted octanol–water partition coefficient (Wildman–Crippen LogP) is 1.76. The molecule has 0 aliphatic carbocycles. The highest BCUT2D eigenvalue weighted by atomic mass is 16.6. The van der Waals surface area contributed by atoms with Gasteiger partial charge in [-0.2, -0.15) is 0 Å². The van der Waals surface area contributed by atoms with Crippen LogP contribution in [0.3, 0.4) is 0 Å². The van der Waals surface area contributed by atoms with Crippen LogP contribution in [0.4, 0.5) is 5.69 Å². The molecule has 9 nitrogen and oxygen atoms in total. The molecule has 2 fully saturated rings. The number of rotatable bonds is 5. The number of carbonyl (C=O) groups is 2. The number of hydrogen-bond acceptors (Lipinski definition) is 6. The number of hydrogen-bond donors (Lipinski definition) is 0. The first-order valence-electron chi connectivity index (χ1n) is 10.0. The Morgan fingerprint density at radius 1 is 1.17 bits per heavy atom. The van der Waals surface area contributed by atoms with E-state index in [4.69, 9.17) is 4.74 Å². The predicted molar refractivity (Wildman–Crippen MR) is 107 cm³/mol. The smallest absolute Gasteiger partial charge is 0.270 e. The molecule has 0 N–H and O–H groups in total. The van der Waals surface area contributed by atoms with Gasteiger partial charge in [-0.3, -0.25) is 24.6 Å². The summed E-state index contributed by atoms with van der Waals surface area (Å²) in [7, 11) is 1.43. The molecule has 29 heavy (non-hydrogen) atoms. The third kappa shape index (κ3) is 4.84. The van der Waals surface area contributed by atoms with Gasteiger partial charge in [-0.25, -0.2) is 0 Å². The fraction of sp³-hybridized carbons (Fsp3) is 0.600. The summed E-state index contributed by atoms with van der Waals surface area (Å²) >= 11 is 0. The van der Waals surface area contributed by atoms with Gasteiger partial charge in [0.2, 0.25) is 5.91 Å². The Morgan fingerprint density at radius 2 is 1.90 bits per heavy atom. The number of ether oxygens (including phenoxy) is 1. The molecular weight excluding hydrogens is 376 g/mol. The molecule has 2 saturated heterocycles. The quantitative estimate of drug-likeness (QED) is 0.548. The number of non-ortho nitro benzene ring substituents is 1. The number of nitro groups is 1. The maximum atomic E-state index is 12.9. The van der Waals surface area contributed by atoms with Gasteiger partial charge in [0.05, 0.1) is 24.1 Å². The second-order valence-electron chi connectivity index (χ2n) is 7.64. The molecule has 9 heteroatoms. The number of likely N-dealkylation sites (tertiary alicyclic amines) is 1. The van der Waals surface area contributed by atoms with Crippen LogP contribution in [0.5, 0.6) is 5.75 Å². The van der Waals surface area contributed by atoms with Gasteiger partial charge < -0.3 is 14.5 Å². The number of benzene rings is 1. The van der Waals surface area contributed by atoms with Gasteiger partial charge in [-0.05, 0) is 32.3 Å². The molecule has 0 saturated carbocycles. The molecule has 3 rings (SSSR count). The van der Waals surface area contributed by atoms with Crippen LogP contribution in [-0.4, -0.2) is 83.9 Å². The molecule has 2 amide bonds. The maximum absolute atomic E-state index is 12.9. The second-order valence-corrected chi connectivity index (χ2v) is 7.64. The molecule has 0 radical (unpaired) electrons. The molecule has 2 aliphatic rings. The van der Waals surface area contributed by atoms with Gasteiger partial charge in [0.15, 0.2) is 0 Å². The monoisotopic (exact) mass is 404 g/mol. The summed E-state index contributed by atoms with van der Waals surface area (Å²) in [6, 6.07) is 4.32. The standard InChI is InChI=1S/C20H28N4O5/c1-15-5-3-4-8-23(15)19(25)14-21-9-11-22(12-10-21)20(26)17-13-16(24(27)28)6-7-18(17)29-2/h6-7,13,15H,3-5,8-12,14H2,1-2H3. The van der Waals surface area contributed by atoms with Gasteiger partial charge in [0, 0.05) is 50.9 Å². The lowest BCUT2D eigenvalue weighted by Gasteiger charge is -2.38. The van der Waals surface area contributed by atoms with Crippen molar-refractivity contribution in [1.29, 1.82) is 0 Å². The van der Waals surface area contributed by atoms with Crippen LogP contribution in [0.1, 0.15) is 36.5 Å². The SMILES string of the molecule is COc1ccc([N+](=O)[O-])cc1C(=O)N1CCN(CC(=O)N2CCCCC2C)CC1. The largest absolute Gasteiger partial charge is 0.496 e. The zero-order valence-electron chi connectivity index (χ0n) is 17.0. The van der Waals surface area contributed by atoms with Crippen molar-refractivity contribution in [1.82, 2.24) is 14.7 Å². The average molecular weight is 404 g/mol. The zero-order valence-corrected chi connectivity index (χ0v) is 17.0. The van der Waals surface area contributed by atoms with Gasteiger partial charge in [0.25, 0.3) is 11.6 Å². The summed E-state index contributed by atoms with van der Waals surface area (Å²) in [5, 5.41) is 11.0. The molecule has 1 atom stereocenters. The topological polar surface area (TPSA) is 96.2 Å². The summed E-state index contributed by atoms with van der Waals surface area (Å²) in [4.78, 5) is 41.7. The van der Waals surface area contributed by atoms with E-state index in [0.29, 0.717) is 44.5 Å². The Kier molecular flexibility index (Phi) is 6.68. The summed E-state index contributed by atoms with van der Waals surface area (Å²) < 4.78 is 5.21. The van der Waals surface area contributed by atoms with Crippen LogP contribution in [0.15, 0.2) is 18.2 Å². The van der Waals surface area contributed by atoms with Crippen LogP contribution in [0, 0.1) is 10.1 Å². The fourth-order valence-electron chi connectivity index (χ4n) is 4.01. The van der Waals surface area contributed by atoms with E-state index in [1.165, 1.54) is 31.7 Å². The lowest BCUT2D eigenvalue weighted by Crippen LogP contribution is -2.53. The molecule has 1 aromatic carbocycles. The van der Waals surface area contributed by atoms with Crippen molar-refractivity contribution in [3.63, 3.8) is 0 Å². The molecule has 2 aliphatic heterocycles. The van der Waals surface area contributed by atoms with Gasteiger partial charge in [0.1, 0.15) is 5.75 Å². The molecule has 1 aromatic rings. The molecule has 0 aromatic heterocycles.